The van der Waals surface area contributed by atoms with Gasteiger partial charge in [0.25, 0.3) is 0 Å². The molecule has 0 aliphatic rings. The first-order valence-electron chi connectivity index (χ1n) is 8.12. The predicted molar refractivity (Wildman–Crippen MR) is 94.7 cm³/mol. The Hall–Kier alpha value is -2.17. The Labute approximate surface area is 143 Å². The highest BCUT2D eigenvalue weighted by molar-refractivity contribution is 5.91. The van der Waals surface area contributed by atoms with E-state index < -0.39 is 0 Å². The molecule has 0 saturated heterocycles. The molecule has 1 aromatic heterocycles. The molecule has 2 rings (SSSR count). The average Bonchev–Trinajstić information content (AvgIpc) is 2.82. The van der Waals surface area contributed by atoms with Gasteiger partial charge in [-0.2, -0.15) is 5.10 Å². The van der Waals surface area contributed by atoms with Gasteiger partial charge in [-0.3, -0.25) is 4.79 Å². The van der Waals surface area contributed by atoms with E-state index in [2.05, 4.69) is 31.2 Å². The molecule has 0 fully saturated rings. The van der Waals surface area contributed by atoms with Crippen molar-refractivity contribution < 1.29 is 9.18 Å². The van der Waals surface area contributed by atoms with Gasteiger partial charge in [0.2, 0.25) is 5.91 Å². The van der Waals surface area contributed by atoms with E-state index in [4.69, 9.17) is 0 Å². The van der Waals surface area contributed by atoms with Crippen LogP contribution in [0.15, 0.2) is 30.3 Å². The zero-order chi connectivity index (χ0) is 18.1. The van der Waals surface area contributed by atoms with Crippen molar-refractivity contribution in [1.29, 1.82) is 0 Å². The summed E-state index contributed by atoms with van der Waals surface area (Å²) in [5, 5.41) is 7.59. The van der Waals surface area contributed by atoms with Crippen LogP contribution in [0.25, 0.3) is 0 Å². The Morgan fingerprint density at radius 3 is 2.38 bits per heavy atom. The van der Waals surface area contributed by atoms with Gasteiger partial charge in [-0.05, 0) is 38.5 Å². The molecule has 2 aromatic rings. The maximum Gasteiger partial charge on any atom is 0.229 e. The van der Waals surface area contributed by atoms with Gasteiger partial charge in [0.05, 0.1) is 17.7 Å². The molecule has 0 aliphatic carbocycles. The highest BCUT2D eigenvalue weighted by atomic mass is 19.1. The number of benzene rings is 1. The highest BCUT2D eigenvalue weighted by Crippen LogP contribution is 2.28. The van der Waals surface area contributed by atoms with Gasteiger partial charge in [-0.1, -0.05) is 32.9 Å². The van der Waals surface area contributed by atoms with E-state index in [9.17, 15) is 9.18 Å². The number of rotatable bonds is 3. The lowest BCUT2D eigenvalue weighted by Crippen LogP contribution is -2.27. The second-order valence-electron chi connectivity index (χ2n) is 8.10. The number of carbonyl (C=O) groups is 1. The van der Waals surface area contributed by atoms with Crippen molar-refractivity contribution >= 4 is 11.7 Å². The summed E-state index contributed by atoms with van der Waals surface area (Å²) >= 11 is 0. The van der Waals surface area contributed by atoms with Crippen molar-refractivity contribution in [2.75, 3.05) is 5.32 Å². The van der Waals surface area contributed by atoms with Crippen LogP contribution in [0.1, 0.15) is 52.8 Å². The molecule has 130 valence electrons. The lowest BCUT2D eigenvalue weighted by Gasteiger charge is -2.23. The normalized spacial score (nSPS) is 12.3. The number of amides is 1. The Morgan fingerprint density at radius 1 is 1.17 bits per heavy atom. The molecule has 0 aliphatic heterocycles. The van der Waals surface area contributed by atoms with Crippen molar-refractivity contribution in [3.05, 3.63) is 47.4 Å². The molecule has 0 radical (unpaired) electrons. The van der Waals surface area contributed by atoms with Crippen LogP contribution in [0, 0.1) is 5.82 Å². The molecule has 4 nitrogen and oxygen atoms in total. The van der Waals surface area contributed by atoms with Gasteiger partial charge in [0.15, 0.2) is 0 Å². The summed E-state index contributed by atoms with van der Waals surface area (Å²) in [6.45, 7) is 12.4. The van der Waals surface area contributed by atoms with Gasteiger partial charge in [0, 0.05) is 11.5 Å². The fourth-order valence-electron chi connectivity index (χ4n) is 2.37. The Balaban J connectivity index is 2.24. The molecule has 0 atom stereocenters. The first-order chi connectivity index (χ1) is 11.0. The molecule has 1 amide bonds. The Kier molecular flexibility index (Phi) is 4.83. The number of hydrogen-bond acceptors (Lipinski definition) is 2. The second kappa shape index (κ2) is 6.38. The summed E-state index contributed by atoms with van der Waals surface area (Å²) in [6, 6.07) is 8.00. The van der Waals surface area contributed by atoms with Crippen LogP contribution in [0.2, 0.25) is 0 Å². The molecule has 5 heteroatoms. The van der Waals surface area contributed by atoms with Gasteiger partial charge >= 0.3 is 0 Å². The molecule has 0 spiro atoms. The summed E-state index contributed by atoms with van der Waals surface area (Å²) in [5.74, 6) is 0.135. The van der Waals surface area contributed by atoms with Crippen molar-refractivity contribution in [2.45, 2.75) is 58.9 Å². The van der Waals surface area contributed by atoms with E-state index in [0.717, 1.165) is 5.69 Å². The maximum atomic E-state index is 13.3. The number of nitrogens with zero attached hydrogens (tertiary/aromatic N) is 2. The minimum absolute atomic E-state index is 0.113. The van der Waals surface area contributed by atoms with Crippen molar-refractivity contribution in [3.8, 4) is 0 Å². The van der Waals surface area contributed by atoms with Crippen LogP contribution >= 0.6 is 0 Å². The number of hydrogen-bond donors (Lipinski definition) is 1. The molecule has 1 N–H and O–H groups in total. The summed E-state index contributed by atoms with van der Waals surface area (Å²) in [5.41, 5.74) is 1.19. The number of carbonyl (C=O) groups excluding carboxylic acids is 1. The van der Waals surface area contributed by atoms with E-state index in [1.54, 1.807) is 12.1 Å². The zero-order valence-corrected chi connectivity index (χ0v) is 15.3. The summed E-state index contributed by atoms with van der Waals surface area (Å²) < 4.78 is 15.1. The van der Waals surface area contributed by atoms with E-state index in [-0.39, 0.29) is 29.1 Å². The van der Waals surface area contributed by atoms with E-state index in [1.165, 1.54) is 12.1 Å². The first-order valence-corrected chi connectivity index (χ1v) is 8.12. The quantitative estimate of drug-likeness (QED) is 0.913. The minimum Gasteiger partial charge on any atom is -0.311 e. The Morgan fingerprint density at radius 2 is 1.83 bits per heavy atom. The van der Waals surface area contributed by atoms with Crippen molar-refractivity contribution in [2.24, 2.45) is 0 Å². The molecule has 0 bridgehead atoms. The molecular formula is C19H26FN3O. The van der Waals surface area contributed by atoms with E-state index >= 15 is 0 Å². The molecule has 1 heterocycles. The molecule has 0 unspecified atom stereocenters. The van der Waals surface area contributed by atoms with Crippen molar-refractivity contribution in [3.63, 3.8) is 0 Å². The predicted octanol–water partition coefficient (Wildman–Crippen LogP) is 4.26. The van der Waals surface area contributed by atoms with E-state index in [1.807, 2.05) is 31.5 Å². The van der Waals surface area contributed by atoms with Crippen LogP contribution in [-0.2, 0) is 22.2 Å². The topological polar surface area (TPSA) is 46.9 Å². The molecular weight excluding hydrogens is 305 g/mol. The van der Waals surface area contributed by atoms with Crippen molar-refractivity contribution in [1.82, 2.24) is 9.78 Å². The average molecular weight is 331 g/mol. The summed E-state index contributed by atoms with van der Waals surface area (Å²) in [7, 11) is 0. The first kappa shape index (κ1) is 18.2. The van der Waals surface area contributed by atoms with Crippen LogP contribution in [-0.4, -0.2) is 15.7 Å². The molecule has 1 aromatic carbocycles. The smallest absolute Gasteiger partial charge is 0.229 e. The van der Waals surface area contributed by atoms with Gasteiger partial charge in [-0.25, -0.2) is 9.07 Å². The lowest BCUT2D eigenvalue weighted by atomic mass is 9.92. The summed E-state index contributed by atoms with van der Waals surface area (Å²) in [4.78, 5) is 12.4. The number of halogens is 1. The Bertz CT molecular complexity index is 736. The number of nitrogens with one attached hydrogen (secondary N) is 1. The fraction of sp³-hybridized carbons (Fsp3) is 0.474. The highest BCUT2D eigenvalue weighted by Gasteiger charge is 2.25. The monoisotopic (exact) mass is 331 g/mol. The van der Waals surface area contributed by atoms with E-state index in [0.29, 0.717) is 11.4 Å². The fourth-order valence-corrected chi connectivity index (χ4v) is 2.37. The van der Waals surface area contributed by atoms with Crippen LogP contribution in [0.4, 0.5) is 10.2 Å². The summed E-state index contributed by atoms with van der Waals surface area (Å²) in [6.07, 6.45) is 0.123. The SMILES string of the molecule is CC(C)(C)c1cc(NC(=O)Cc2cccc(F)c2)n(C(C)(C)C)n1. The van der Waals surface area contributed by atoms with Gasteiger partial charge in [0.1, 0.15) is 11.6 Å². The lowest BCUT2D eigenvalue weighted by molar-refractivity contribution is -0.115. The third kappa shape index (κ3) is 4.43. The number of aromatic nitrogens is 2. The standard InChI is InChI=1S/C19H26FN3O/c1-18(2,3)15-12-16(23(22-15)19(4,5)6)21-17(24)11-13-8-7-9-14(20)10-13/h7-10,12H,11H2,1-6H3,(H,21,24). The van der Waals surface area contributed by atoms with Crippen LogP contribution in [0.3, 0.4) is 0 Å². The van der Waals surface area contributed by atoms with Gasteiger partial charge < -0.3 is 5.32 Å². The third-order valence-corrected chi connectivity index (χ3v) is 3.63. The third-order valence-electron chi connectivity index (χ3n) is 3.63. The molecule has 0 saturated carbocycles. The van der Waals surface area contributed by atoms with Crippen LogP contribution in [0.5, 0.6) is 0 Å². The maximum absolute atomic E-state index is 13.3. The zero-order valence-electron chi connectivity index (χ0n) is 15.3. The largest absolute Gasteiger partial charge is 0.311 e. The second-order valence-corrected chi connectivity index (χ2v) is 8.10. The minimum atomic E-state index is -0.338. The van der Waals surface area contributed by atoms with Crippen LogP contribution < -0.4 is 5.32 Å². The van der Waals surface area contributed by atoms with Gasteiger partial charge in [-0.15, -0.1) is 0 Å². The molecule has 24 heavy (non-hydrogen) atoms. The number of anilines is 1.